The van der Waals surface area contributed by atoms with Crippen LogP contribution in [0.2, 0.25) is 5.02 Å². The molecule has 3 rings (SSSR count). The second kappa shape index (κ2) is 7.25. The Morgan fingerprint density at radius 1 is 1.08 bits per heavy atom. The molecule has 2 atom stereocenters. The Morgan fingerprint density at radius 2 is 1.65 bits per heavy atom. The van der Waals surface area contributed by atoms with Gasteiger partial charge in [-0.25, -0.2) is 17.2 Å². The lowest BCUT2D eigenvalue weighted by Crippen LogP contribution is -2.44. The monoisotopic (exact) mass is 399 g/mol. The van der Waals surface area contributed by atoms with Crippen LogP contribution >= 0.6 is 11.6 Å². The van der Waals surface area contributed by atoms with Gasteiger partial charge in [-0.1, -0.05) is 11.6 Å². The summed E-state index contributed by atoms with van der Waals surface area (Å²) < 4.78 is 55.3. The quantitative estimate of drug-likeness (QED) is 0.737. The average Bonchev–Trinajstić information content (AvgIpc) is 2.60. The highest BCUT2D eigenvalue weighted by Gasteiger charge is 2.35. The summed E-state index contributed by atoms with van der Waals surface area (Å²) in [6.07, 6.45) is 1.30. The second-order valence-electron chi connectivity index (χ2n) is 6.76. The van der Waals surface area contributed by atoms with Crippen molar-refractivity contribution in [2.75, 3.05) is 6.54 Å². The lowest BCUT2D eigenvalue weighted by atomic mass is 9.88. The van der Waals surface area contributed by atoms with Crippen molar-refractivity contribution in [3.8, 4) is 0 Å². The third-order valence-electron chi connectivity index (χ3n) is 5.02. The first kappa shape index (κ1) is 19.3. The Hall–Kier alpha value is -1.50. The lowest BCUT2D eigenvalue weighted by Gasteiger charge is -2.37. The first-order valence-corrected chi connectivity index (χ1v) is 10.2. The van der Waals surface area contributed by atoms with Crippen molar-refractivity contribution in [3.05, 3.63) is 64.2 Å². The molecule has 1 heterocycles. The van der Waals surface area contributed by atoms with Gasteiger partial charge in [0.1, 0.15) is 11.6 Å². The summed E-state index contributed by atoms with van der Waals surface area (Å²) in [5.74, 6) is -1.46. The van der Waals surface area contributed by atoms with E-state index in [1.807, 2.05) is 6.92 Å². The highest BCUT2D eigenvalue weighted by atomic mass is 35.5. The Balaban J connectivity index is 1.92. The minimum absolute atomic E-state index is 0.0245. The van der Waals surface area contributed by atoms with E-state index in [4.69, 9.17) is 11.6 Å². The van der Waals surface area contributed by atoms with Crippen LogP contribution in [0.1, 0.15) is 36.8 Å². The Morgan fingerprint density at radius 3 is 2.23 bits per heavy atom. The minimum atomic E-state index is -3.71. The maximum atomic E-state index is 13.9. The third-order valence-corrected chi connectivity index (χ3v) is 7.27. The van der Waals surface area contributed by atoms with Crippen LogP contribution in [-0.2, 0) is 10.0 Å². The Labute approximate surface area is 157 Å². The third kappa shape index (κ3) is 3.63. The van der Waals surface area contributed by atoms with Gasteiger partial charge in [-0.2, -0.15) is 4.31 Å². The van der Waals surface area contributed by atoms with Crippen molar-refractivity contribution in [2.24, 2.45) is 0 Å². The van der Waals surface area contributed by atoms with Crippen molar-refractivity contribution in [1.82, 2.24) is 4.31 Å². The molecule has 0 aromatic heterocycles. The van der Waals surface area contributed by atoms with Crippen LogP contribution in [-0.4, -0.2) is 25.3 Å². The van der Waals surface area contributed by atoms with E-state index in [9.17, 15) is 17.2 Å². The van der Waals surface area contributed by atoms with Crippen molar-refractivity contribution in [1.29, 1.82) is 0 Å². The summed E-state index contributed by atoms with van der Waals surface area (Å²) in [5.41, 5.74) is 0.470. The predicted octanol–water partition coefficient (Wildman–Crippen LogP) is 4.88. The van der Waals surface area contributed by atoms with Crippen molar-refractivity contribution >= 4 is 21.6 Å². The fourth-order valence-electron chi connectivity index (χ4n) is 3.32. The Kier molecular flexibility index (Phi) is 5.37. The standard InChI is InChI=1S/C19H20ClF2NO2S/c1-12-3-4-14(15-9-18(21)13(2)19(22)10-15)11-23(12)26(24,25)17-7-5-16(20)6-8-17/h5-10,12,14H,3-4,11H2,1-2H3/t12-,14+/m0/s1. The molecule has 0 aliphatic carbocycles. The number of sulfonamides is 1. The molecule has 140 valence electrons. The fraction of sp³-hybridized carbons (Fsp3) is 0.368. The van der Waals surface area contributed by atoms with Crippen LogP contribution in [0.5, 0.6) is 0 Å². The van der Waals surface area contributed by atoms with E-state index in [1.165, 1.54) is 47.6 Å². The molecule has 3 nitrogen and oxygen atoms in total. The molecule has 0 N–H and O–H groups in total. The van der Waals surface area contributed by atoms with Crippen molar-refractivity contribution < 1.29 is 17.2 Å². The fourth-order valence-corrected chi connectivity index (χ4v) is 5.16. The van der Waals surface area contributed by atoms with E-state index in [0.717, 1.165) is 0 Å². The molecule has 0 spiro atoms. The number of hydrogen-bond acceptors (Lipinski definition) is 2. The molecule has 0 bridgehead atoms. The molecule has 0 saturated carbocycles. The van der Waals surface area contributed by atoms with E-state index >= 15 is 0 Å². The molecule has 0 unspecified atom stereocenters. The van der Waals surface area contributed by atoms with Gasteiger partial charge in [0, 0.05) is 23.2 Å². The van der Waals surface area contributed by atoms with Crippen LogP contribution < -0.4 is 0 Å². The number of rotatable bonds is 3. The molecule has 0 amide bonds. The number of nitrogens with zero attached hydrogens (tertiary/aromatic N) is 1. The summed E-state index contributed by atoms with van der Waals surface area (Å²) in [6.45, 7) is 3.42. The minimum Gasteiger partial charge on any atom is -0.207 e. The molecule has 2 aromatic carbocycles. The van der Waals surface area contributed by atoms with Gasteiger partial charge in [-0.15, -0.1) is 0 Å². The number of piperidine rings is 1. The molecule has 2 aromatic rings. The van der Waals surface area contributed by atoms with Crippen LogP contribution in [0.3, 0.4) is 0 Å². The number of hydrogen-bond donors (Lipinski definition) is 0. The Bertz CT molecular complexity index is 893. The van der Waals surface area contributed by atoms with Crippen molar-refractivity contribution in [3.63, 3.8) is 0 Å². The molecular formula is C19H20ClF2NO2S. The van der Waals surface area contributed by atoms with Gasteiger partial charge in [0.25, 0.3) is 0 Å². The van der Waals surface area contributed by atoms with Crippen molar-refractivity contribution in [2.45, 2.75) is 43.5 Å². The van der Waals surface area contributed by atoms with Gasteiger partial charge in [-0.3, -0.25) is 0 Å². The molecule has 1 fully saturated rings. The molecule has 1 saturated heterocycles. The summed E-state index contributed by atoms with van der Waals surface area (Å²) in [5, 5.41) is 0.458. The van der Waals surface area contributed by atoms with Gasteiger partial charge in [0.15, 0.2) is 0 Å². The normalized spacial score (nSPS) is 21.7. The van der Waals surface area contributed by atoms with Crippen LogP contribution in [0, 0.1) is 18.6 Å². The van der Waals surface area contributed by atoms with Crippen LogP contribution in [0.15, 0.2) is 41.3 Å². The van der Waals surface area contributed by atoms with E-state index in [0.29, 0.717) is 23.4 Å². The van der Waals surface area contributed by atoms with Gasteiger partial charge in [-0.05, 0) is 74.6 Å². The second-order valence-corrected chi connectivity index (χ2v) is 9.09. The molecule has 7 heteroatoms. The van der Waals surface area contributed by atoms with E-state index in [-0.39, 0.29) is 29.0 Å². The summed E-state index contributed by atoms with van der Waals surface area (Å²) >= 11 is 5.84. The van der Waals surface area contributed by atoms with E-state index in [2.05, 4.69) is 0 Å². The smallest absolute Gasteiger partial charge is 0.207 e. The molecule has 1 aliphatic heterocycles. The zero-order valence-corrected chi connectivity index (χ0v) is 16.1. The maximum Gasteiger partial charge on any atom is 0.243 e. The van der Waals surface area contributed by atoms with Crippen LogP contribution in [0.4, 0.5) is 8.78 Å². The lowest BCUT2D eigenvalue weighted by molar-refractivity contribution is 0.244. The summed E-state index contributed by atoms with van der Waals surface area (Å²) in [6, 6.07) is 8.44. The zero-order chi connectivity index (χ0) is 19.1. The SMILES string of the molecule is Cc1c(F)cc([C@@H]2CC[C@H](C)N(S(=O)(=O)c3ccc(Cl)cc3)C2)cc1F. The molecule has 26 heavy (non-hydrogen) atoms. The summed E-state index contributed by atoms with van der Waals surface area (Å²) in [7, 11) is -3.71. The van der Waals surface area contributed by atoms with Gasteiger partial charge >= 0.3 is 0 Å². The molecule has 1 aliphatic rings. The average molecular weight is 400 g/mol. The first-order chi connectivity index (χ1) is 12.2. The van der Waals surface area contributed by atoms with Gasteiger partial charge in [0.2, 0.25) is 10.0 Å². The topological polar surface area (TPSA) is 37.4 Å². The van der Waals surface area contributed by atoms with Crippen LogP contribution in [0.25, 0.3) is 0 Å². The van der Waals surface area contributed by atoms with Gasteiger partial charge < -0.3 is 0 Å². The highest BCUT2D eigenvalue weighted by Crippen LogP contribution is 2.34. The molecule has 0 radical (unpaired) electrons. The van der Waals surface area contributed by atoms with Gasteiger partial charge in [0.05, 0.1) is 4.90 Å². The van der Waals surface area contributed by atoms with E-state index < -0.39 is 21.7 Å². The van der Waals surface area contributed by atoms with E-state index in [1.54, 1.807) is 0 Å². The maximum absolute atomic E-state index is 13.9. The highest BCUT2D eigenvalue weighted by molar-refractivity contribution is 7.89. The summed E-state index contributed by atoms with van der Waals surface area (Å²) in [4.78, 5) is 0.163. The molecular weight excluding hydrogens is 380 g/mol. The zero-order valence-electron chi connectivity index (χ0n) is 14.5. The predicted molar refractivity (Wildman–Crippen MR) is 97.9 cm³/mol. The largest absolute Gasteiger partial charge is 0.243 e. The number of benzene rings is 2. The first-order valence-electron chi connectivity index (χ1n) is 8.43. The number of halogens is 3.